The molecule has 0 fully saturated rings. The van der Waals surface area contributed by atoms with Crippen molar-refractivity contribution in [3.8, 4) is 0 Å². The number of benzene rings is 2. The van der Waals surface area contributed by atoms with Crippen molar-refractivity contribution in [1.29, 1.82) is 0 Å². The highest BCUT2D eigenvalue weighted by Crippen LogP contribution is 2.21. The molecule has 0 atom stereocenters. The van der Waals surface area contributed by atoms with E-state index in [0.29, 0.717) is 18.1 Å². The highest BCUT2D eigenvalue weighted by atomic mass is 35.5. The Labute approximate surface area is 125 Å². The molecule has 0 aliphatic heterocycles. The van der Waals surface area contributed by atoms with Gasteiger partial charge in [0.2, 0.25) is 0 Å². The Balaban J connectivity index is 1.64. The average Bonchev–Trinajstić information content (AvgIpc) is 2.80. The summed E-state index contributed by atoms with van der Waals surface area (Å²) in [7, 11) is 0. The second kappa shape index (κ2) is 5.87. The van der Waals surface area contributed by atoms with Gasteiger partial charge in [0, 0.05) is 18.1 Å². The van der Waals surface area contributed by atoms with Gasteiger partial charge >= 0.3 is 0 Å². The molecule has 0 radical (unpaired) electrons. The van der Waals surface area contributed by atoms with Crippen LogP contribution >= 0.6 is 22.9 Å². The Morgan fingerprint density at radius 1 is 1.15 bits per heavy atom. The van der Waals surface area contributed by atoms with Gasteiger partial charge in [-0.1, -0.05) is 23.7 Å². The van der Waals surface area contributed by atoms with Gasteiger partial charge < -0.3 is 5.32 Å². The molecule has 2 aromatic carbocycles. The van der Waals surface area contributed by atoms with Crippen LogP contribution in [0.25, 0.3) is 10.2 Å². The van der Waals surface area contributed by atoms with Crippen molar-refractivity contribution in [3.05, 3.63) is 63.9 Å². The van der Waals surface area contributed by atoms with Gasteiger partial charge in [0.25, 0.3) is 0 Å². The number of fused-ring (bicyclic) bond motifs is 1. The maximum absolute atomic E-state index is 13.2. The molecule has 0 aliphatic rings. The van der Waals surface area contributed by atoms with E-state index in [4.69, 9.17) is 11.6 Å². The molecule has 5 heteroatoms. The number of para-hydroxylation sites is 1. The zero-order chi connectivity index (χ0) is 13.9. The van der Waals surface area contributed by atoms with Crippen LogP contribution in [0.1, 0.15) is 10.6 Å². The van der Waals surface area contributed by atoms with Crippen LogP contribution in [-0.2, 0) is 13.1 Å². The predicted molar refractivity (Wildman–Crippen MR) is 81.6 cm³/mol. The fraction of sp³-hybridized carbons (Fsp3) is 0.133. The van der Waals surface area contributed by atoms with E-state index in [2.05, 4.69) is 16.4 Å². The zero-order valence-electron chi connectivity index (χ0n) is 10.6. The molecule has 1 aromatic heterocycles. The van der Waals surface area contributed by atoms with E-state index in [-0.39, 0.29) is 5.82 Å². The molecule has 0 aliphatic carbocycles. The summed E-state index contributed by atoms with van der Waals surface area (Å²) in [5.74, 6) is -0.311. The summed E-state index contributed by atoms with van der Waals surface area (Å²) in [6.07, 6.45) is 0. The van der Waals surface area contributed by atoms with Crippen molar-refractivity contribution in [2.75, 3.05) is 0 Å². The lowest BCUT2D eigenvalue weighted by atomic mass is 10.2. The monoisotopic (exact) mass is 306 g/mol. The van der Waals surface area contributed by atoms with Gasteiger partial charge in [-0.3, -0.25) is 0 Å². The van der Waals surface area contributed by atoms with Crippen LogP contribution < -0.4 is 5.32 Å². The Morgan fingerprint density at radius 2 is 2.00 bits per heavy atom. The molecule has 20 heavy (non-hydrogen) atoms. The predicted octanol–water partition coefficient (Wildman–Crippen LogP) is 4.38. The van der Waals surface area contributed by atoms with Crippen molar-refractivity contribution in [3.63, 3.8) is 0 Å². The lowest BCUT2D eigenvalue weighted by Crippen LogP contribution is -2.12. The Bertz CT molecular complexity index is 688. The Hall–Kier alpha value is -1.49. The van der Waals surface area contributed by atoms with Crippen LogP contribution in [0.5, 0.6) is 0 Å². The van der Waals surface area contributed by atoms with Crippen LogP contribution in [0.15, 0.2) is 42.5 Å². The number of nitrogens with zero attached hydrogens (tertiary/aromatic N) is 1. The molecule has 1 heterocycles. The first-order valence-corrected chi connectivity index (χ1v) is 7.40. The van der Waals surface area contributed by atoms with E-state index in [0.717, 1.165) is 16.1 Å². The first-order chi connectivity index (χ1) is 9.70. The summed E-state index contributed by atoms with van der Waals surface area (Å²) in [6.45, 7) is 1.22. The number of rotatable bonds is 4. The molecule has 2 nitrogen and oxygen atoms in total. The van der Waals surface area contributed by atoms with Crippen molar-refractivity contribution >= 4 is 33.2 Å². The van der Waals surface area contributed by atoms with Crippen LogP contribution in [0, 0.1) is 5.82 Å². The minimum absolute atomic E-state index is 0.311. The highest BCUT2D eigenvalue weighted by Gasteiger charge is 2.03. The standard InChI is InChI=1S/C15H12ClFN2S/c16-11-5-10(6-12(17)7-11)8-18-9-15-19-13-3-1-2-4-14(13)20-15/h1-7,18H,8-9H2. The zero-order valence-corrected chi connectivity index (χ0v) is 12.1. The maximum Gasteiger partial charge on any atom is 0.125 e. The molecule has 102 valence electrons. The third-order valence-corrected chi connectivity index (χ3v) is 4.12. The summed E-state index contributed by atoms with van der Waals surface area (Å²) in [5.41, 5.74) is 1.85. The van der Waals surface area contributed by atoms with E-state index < -0.39 is 0 Å². The molecule has 0 saturated heterocycles. The summed E-state index contributed by atoms with van der Waals surface area (Å²) in [4.78, 5) is 4.53. The quantitative estimate of drug-likeness (QED) is 0.774. The lowest BCUT2D eigenvalue weighted by Gasteiger charge is -2.03. The molecule has 0 spiro atoms. The van der Waals surface area contributed by atoms with Crippen LogP contribution in [0.3, 0.4) is 0 Å². The van der Waals surface area contributed by atoms with Crippen molar-refractivity contribution in [1.82, 2.24) is 10.3 Å². The van der Waals surface area contributed by atoms with E-state index >= 15 is 0 Å². The summed E-state index contributed by atoms with van der Waals surface area (Å²) in [5, 5.41) is 4.70. The first-order valence-electron chi connectivity index (χ1n) is 6.21. The molecule has 0 unspecified atom stereocenters. The summed E-state index contributed by atoms with van der Waals surface area (Å²) < 4.78 is 14.4. The number of halogens is 2. The van der Waals surface area contributed by atoms with E-state index in [1.54, 1.807) is 17.4 Å². The van der Waals surface area contributed by atoms with Gasteiger partial charge in [0.1, 0.15) is 10.8 Å². The molecular formula is C15H12ClFN2S. The molecule has 3 rings (SSSR count). The number of aromatic nitrogens is 1. The van der Waals surface area contributed by atoms with Gasteiger partial charge in [-0.25, -0.2) is 9.37 Å². The summed E-state index contributed by atoms with van der Waals surface area (Å²) >= 11 is 7.49. The van der Waals surface area contributed by atoms with E-state index in [1.807, 2.05) is 18.2 Å². The van der Waals surface area contributed by atoms with Gasteiger partial charge in [0.15, 0.2) is 0 Å². The topological polar surface area (TPSA) is 24.9 Å². The molecule has 0 bridgehead atoms. The van der Waals surface area contributed by atoms with Gasteiger partial charge in [-0.05, 0) is 35.9 Å². The average molecular weight is 307 g/mol. The van der Waals surface area contributed by atoms with Crippen molar-refractivity contribution in [2.24, 2.45) is 0 Å². The molecular weight excluding hydrogens is 295 g/mol. The lowest BCUT2D eigenvalue weighted by molar-refractivity contribution is 0.620. The van der Waals surface area contributed by atoms with E-state index in [9.17, 15) is 4.39 Å². The third kappa shape index (κ3) is 3.15. The van der Waals surface area contributed by atoms with Gasteiger partial charge in [0.05, 0.1) is 10.2 Å². The second-order valence-electron chi connectivity index (χ2n) is 4.46. The Kier molecular flexibility index (Phi) is 3.96. The van der Waals surface area contributed by atoms with E-state index in [1.165, 1.54) is 16.8 Å². The third-order valence-electron chi connectivity index (χ3n) is 2.87. The second-order valence-corrected chi connectivity index (χ2v) is 6.01. The van der Waals surface area contributed by atoms with Crippen molar-refractivity contribution in [2.45, 2.75) is 13.1 Å². The largest absolute Gasteiger partial charge is 0.306 e. The Morgan fingerprint density at radius 3 is 2.80 bits per heavy atom. The van der Waals surface area contributed by atoms with Crippen LogP contribution in [0.4, 0.5) is 4.39 Å². The fourth-order valence-corrected chi connectivity index (χ4v) is 3.20. The number of hydrogen-bond acceptors (Lipinski definition) is 3. The normalized spacial score (nSPS) is 11.1. The maximum atomic E-state index is 13.2. The molecule has 1 N–H and O–H groups in total. The smallest absolute Gasteiger partial charge is 0.125 e. The van der Waals surface area contributed by atoms with Crippen LogP contribution in [-0.4, -0.2) is 4.98 Å². The first kappa shape index (κ1) is 13.5. The minimum atomic E-state index is -0.311. The number of thiazole rings is 1. The summed E-state index contributed by atoms with van der Waals surface area (Å²) in [6, 6.07) is 12.6. The van der Waals surface area contributed by atoms with Crippen LogP contribution in [0.2, 0.25) is 5.02 Å². The number of hydrogen-bond donors (Lipinski definition) is 1. The fourth-order valence-electron chi connectivity index (χ4n) is 2.02. The molecule has 0 saturated carbocycles. The van der Waals surface area contributed by atoms with Gasteiger partial charge in [-0.15, -0.1) is 11.3 Å². The number of nitrogens with one attached hydrogen (secondary N) is 1. The van der Waals surface area contributed by atoms with Crippen molar-refractivity contribution < 1.29 is 4.39 Å². The van der Waals surface area contributed by atoms with Gasteiger partial charge in [-0.2, -0.15) is 0 Å². The highest BCUT2D eigenvalue weighted by molar-refractivity contribution is 7.18. The molecule has 0 amide bonds. The molecule has 3 aromatic rings. The minimum Gasteiger partial charge on any atom is -0.306 e. The SMILES string of the molecule is Fc1cc(Cl)cc(CNCc2nc3ccccc3s2)c1.